The maximum absolute atomic E-state index is 12.9. The SMILES string of the molecule is CCOc1ccc(-c2nc(CS(=O)(=O)Cc3nccn3C(F)F)cs2)cc1OC. The molecule has 2 heterocycles. The van der Waals surface area contributed by atoms with E-state index in [0.717, 1.165) is 18.0 Å². The molecule has 0 atom stereocenters. The first kappa shape index (κ1) is 21.2. The summed E-state index contributed by atoms with van der Waals surface area (Å²) in [5, 5.41) is 2.25. The van der Waals surface area contributed by atoms with Gasteiger partial charge in [0.05, 0.1) is 25.2 Å². The van der Waals surface area contributed by atoms with Crippen molar-refractivity contribution in [2.24, 2.45) is 0 Å². The number of sulfone groups is 1. The largest absolute Gasteiger partial charge is 0.493 e. The van der Waals surface area contributed by atoms with E-state index in [1.807, 2.05) is 13.0 Å². The molecule has 29 heavy (non-hydrogen) atoms. The highest BCUT2D eigenvalue weighted by atomic mass is 32.2. The van der Waals surface area contributed by atoms with Crippen LogP contribution in [0.5, 0.6) is 11.5 Å². The lowest BCUT2D eigenvalue weighted by molar-refractivity contribution is 0.0677. The number of hydrogen-bond donors (Lipinski definition) is 0. The third-order valence-corrected chi connectivity index (χ3v) is 6.31. The number of nitrogens with zero attached hydrogens (tertiary/aromatic N) is 3. The molecule has 0 N–H and O–H groups in total. The second kappa shape index (κ2) is 8.87. The highest BCUT2D eigenvalue weighted by Gasteiger charge is 2.21. The van der Waals surface area contributed by atoms with Crippen molar-refractivity contribution in [1.82, 2.24) is 14.5 Å². The van der Waals surface area contributed by atoms with Crippen LogP contribution in [0.25, 0.3) is 10.6 Å². The topological polar surface area (TPSA) is 83.3 Å². The van der Waals surface area contributed by atoms with Crippen molar-refractivity contribution in [2.75, 3.05) is 13.7 Å². The summed E-state index contributed by atoms with van der Waals surface area (Å²) in [5.74, 6) is -0.00568. The first-order valence-corrected chi connectivity index (χ1v) is 11.3. The fourth-order valence-electron chi connectivity index (χ4n) is 2.69. The Bertz CT molecular complexity index is 1080. The van der Waals surface area contributed by atoms with Gasteiger partial charge in [0, 0.05) is 23.3 Å². The van der Waals surface area contributed by atoms with Crippen LogP contribution in [0.4, 0.5) is 8.78 Å². The standard InChI is InChI=1S/C18H19F2N3O4S2/c1-3-27-14-5-4-12(8-15(14)26-2)17-22-13(9-28-17)10-29(24,25)11-16-21-6-7-23(16)18(19)20/h4-9,18H,3,10-11H2,1-2H3. The molecule has 0 spiro atoms. The average Bonchev–Trinajstić information content (AvgIpc) is 3.31. The lowest BCUT2D eigenvalue weighted by Gasteiger charge is -2.10. The van der Waals surface area contributed by atoms with Crippen molar-refractivity contribution >= 4 is 21.2 Å². The third-order valence-electron chi connectivity index (χ3n) is 3.94. The molecule has 0 amide bonds. The molecule has 0 fully saturated rings. The number of methoxy groups -OCH3 is 1. The number of ether oxygens (including phenoxy) is 2. The van der Waals surface area contributed by atoms with Gasteiger partial charge in [-0.1, -0.05) is 0 Å². The molecular formula is C18H19F2N3O4S2. The van der Waals surface area contributed by atoms with Crippen molar-refractivity contribution < 1.29 is 26.7 Å². The summed E-state index contributed by atoms with van der Waals surface area (Å²) in [6, 6.07) is 5.34. The second-order valence-electron chi connectivity index (χ2n) is 6.00. The molecular weight excluding hydrogens is 424 g/mol. The summed E-state index contributed by atoms with van der Waals surface area (Å²) < 4.78 is 62.0. The Morgan fingerprint density at radius 3 is 2.72 bits per heavy atom. The van der Waals surface area contributed by atoms with Gasteiger partial charge in [-0.15, -0.1) is 11.3 Å². The van der Waals surface area contributed by atoms with Crippen molar-refractivity contribution in [3.05, 3.63) is 47.5 Å². The Morgan fingerprint density at radius 2 is 2.03 bits per heavy atom. The number of rotatable bonds is 9. The van der Waals surface area contributed by atoms with Crippen LogP contribution in [-0.2, 0) is 21.3 Å². The summed E-state index contributed by atoms with van der Waals surface area (Å²) in [7, 11) is -2.19. The maximum atomic E-state index is 12.9. The summed E-state index contributed by atoms with van der Waals surface area (Å²) in [6.45, 7) is -0.476. The fraction of sp³-hybridized carbons (Fsp3) is 0.333. The van der Waals surface area contributed by atoms with E-state index in [-0.39, 0.29) is 11.6 Å². The summed E-state index contributed by atoms with van der Waals surface area (Å²) in [5.41, 5.74) is 1.10. The lowest BCUT2D eigenvalue weighted by Crippen LogP contribution is -2.13. The van der Waals surface area contributed by atoms with Gasteiger partial charge in [-0.3, -0.25) is 4.57 Å². The first-order valence-electron chi connectivity index (χ1n) is 8.59. The van der Waals surface area contributed by atoms with E-state index in [9.17, 15) is 17.2 Å². The van der Waals surface area contributed by atoms with Gasteiger partial charge in [0.1, 0.15) is 16.6 Å². The van der Waals surface area contributed by atoms with E-state index in [1.165, 1.54) is 18.4 Å². The molecule has 156 valence electrons. The molecule has 0 saturated carbocycles. The zero-order valence-electron chi connectivity index (χ0n) is 15.7. The first-order chi connectivity index (χ1) is 13.8. The minimum Gasteiger partial charge on any atom is -0.493 e. The minimum absolute atomic E-state index is 0.202. The third kappa shape index (κ3) is 5.10. The van der Waals surface area contributed by atoms with Crippen LogP contribution in [0.3, 0.4) is 0 Å². The van der Waals surface area contributed by atoms with Gasteiger partial charge in [-0.2, -0.15) is 8.78 Å². The number of hydrogen-bond acceptors (Lipinski definition) is 7. The number of imidazole rings is 1. The Labute approximate surface area is 170 Å². The van der Waals surface area contributed by atoms with Gasteiger partial charge in [-0.05, 0) is 25.1 Å². The molecule has 0 aliphatic rings. The Balaban J connectivity index is 1.77. The van der Waals surface area contributed by atoms with Gasteiger partial charge in [0.15, 0.2) is 21.3 Å². The van der Waals surface area contributed by atoms with E-state index in [2.05, 4.69) is 9.97 Å². The number of alkyl halides is 2. The summed E-state index contributed by atoms with van der Waals surface area (Å²) in [6.07, 6.45) is 2.20. The van der Waals surface area contributed by atoms with E-state index in [4.69, 9.17) is 9.47 Å². The van der Waals surface area contributed by atoms with Crippen LogP contribution < -0.4 is 9.47 Å². The van der Waals surface area contributed by atoms with E-state index >= 15 is 0 Å². The van der Waals surface area contributed by atoms with E-state index in [0.29, 0.717) is 33.4 Å². The Morgan fingerprint density at radius 1 is 1.24 bits per heavy atom. The molecule has 3 aromatic rings. The van der Waals surface area contributed by atoms with Crippen LogP contribution >= 0.6 is 11.3 Å². The smallest absolute Gasteiger partial charge is 0.319 e. The van der Waals surface area contributed by atoms with Gasteiger partial charge in [0.25, 0.3) is 0 Å². The second-order valence-corrected chi connectivity index (χ2v) is 8.93. The minimum atomic E-state index is -3.73. The van der Waals surface area contributed by atoms with Crippen LogP contribution in [0.2, 0.25) is 0 Å². The molecule has 0 aliphatic carbocycles. The lowest BCUT2D eigenvalue weighted by atomic mass is 10.2. The predicted molar refractivity (Wildman–Crippen MR) is 105 cm³/mol. The molecule has 7 nitrogen and oxygen atoms in total. The van der Waals surface area contributed by atoms with Gasteiger partial charge in [0.2, 0.25) is 0 Å². The van der Waals surface area contributed by atoms with Crippen LogP contribution in [0.1, 0.15) is 25.0 Å². The normalized spacial score (nSPS) is 11.8. The molecule has 3 rings (SSSR count). The molecule has 0 saturated heterocycles. The molecule has 2 aromatic heterocycles. The highest BCUT2D eigenvalue weighted by Crippen LogP contribution is 2.34. The van der Waals surface area contributed by atoms with E-state index in [1.54, 1.807) is 17.5 Å². The van der Waals surface area contributed by atoms with Gasteiger partial charge < -0.3 is 9.47 Å². The zero-order chi connectivity index (χ0) is 21.0. The van der Waals surface area contributed by atoms with Crippen LogP contribution in [0, 0.1) is 0 Å². The summed E-state index contributed by atoms with van der Waals surface area (Å²) >= 11 is 1.28. The number of halogens is 2. The van der Waals surface area contributed by atoms with E-state index < -0.39 is 22.1 Å². The average molecular weight is 443 g/mol. The van der Waals surface area contributed by atoms with Crippen molar-refractivity contribution in [3.8, 4) is 22.1 Å². The molecule has 0 unspecified atom stereocenters. The van der Waals surface area contributed by atoms with Crippen molar-refractivity contribution in [2.45, 2.75) is 25.0 Å². The zero-order valence-corrected chi connectivity index (χ0v) is 17.3. The number of thiazole rings is 1. The van der Waals surface area contributed by atoms with Gasteiger partial charge >= 0.3 is 6.55 Å². The number of benzene rings is 1. The monoisotopic (exact) mass is 443 g/mol. The van der Waals surface area contributed by atoms with Crippen LogP contribution in [-0.4, -0.2) is 36.7 Å². The fourth-order valence-corrected chi connectivity index (χ4v) is 4.93. The van der Waals surface area contributed by atoms with Crippen LogP contribution in [0.15, 0.2) is 36.0 Å². The maximum Gasteiger partial charge on any atom is 0.319 e. The Kier molecular flexibility index (Phi) is 6.48. The molecule has 1 aromatic carbocycles. The molecule has 11 heteroatoms. The number of aromatic nitrogens is 3. The molecule has 0 radical (unpaired) electrons. The van der Waals surface area contributed by atoms with Crippen molar-refractivity contribution in [1.29, 1.82) is 0 Å². The quantitative estimate of drug-likeness (QED) is 0.498. The Hall–Kier alpha value is -2.53. The molecule has 0 aliphatic heterocycles. The highest BCUT2D eigenvalue weighted by molar-refractivity contribution is 7.89. The van der Waals surface area contributed by atoms with Gasteiger partial charge in [-0.25, -0.2) is 18.4 Å². The summed E-state index contributed by atoms with van der Waals surface area (Å²) in [4.78, 5) is 8.09. The predicted octanol–water partition coefficient (Wildman–Crippen LogP) is 3.92. The molecule has 0 bridgehead atoms. The van der Waals surface area contributed by atoms with Crippen molar-refractivity contribution in [3.63, 3.8) is 0 Å².